The Hall–Kier alpha value is -2.53. The standard InChI is InChI=1S/C17H17FN4/c18-16-8-6-14(7-9-16)10-20-17(11-22-13-19-12-21-22)15-4-2-1-3-5-15/h1-9,12-13,17,20H,10-11H2. The van der Waals surface area contributed by atoms with Crippen molar-refractivity contribution in [1.82, 2.24) is 20.1 Å². The van der Waals surface area contributed by atoms with Crippen molar-refractivity contribution >= 4 is 0 Å². The van der Waals surface area contributed by atoms with E-state index >= 15 is 0 Å². The smallest absolute Gasteiger partial charge is 0.137 e. The fourth-order valence-electron chi connectivity index (χ4n) is 2.33. The van der Waals surface area contributed by atoms with E-state index < -0.39 is 0 Å². The van der Waals surface area contributed by atoms with Gasteiger partial charge >= 0.3 is 0 Å². The van der Waals surface area contributed by atoms with Gasteiger partial charge in [-0.3, -0.25) is 4.68 Å². The van der Waals surface area contributed by atoms with E-state index in [0.29, 0.717) is 13.1 Å². The third-order valence-electron chi connectivity index (χ3n) is 3.50. The van der Waals surface area contributed by atoms with Gasteiger partial charge in [0.2, 0.25) is 0 Å². The Morgan fingerprint density at radius 3 is 2.50 bits per heavy atom. The second kappa shape index (κ2) is 6.95. The van der Waals surface area contributed by atoms with Crippen molar-refractivity contribution in [3.8, 4) is 0 Å². The fraction of sp³-hybridized carbons (Fsp3) is 0.176. The van der Waals surface area contributed by atoms with Gasteiger partial charge in [0.1, 0.15) is 18.5 Å². The van der Waals surface area contributed by atoms with Crippen LogP contribution in [0.25, 0.3) is 0 Å². The van der Waals surface area contributed by atoms with Crippen LogP contribution in [0.1, 0.15) is 17.2 Å². The van der Waals surface area contributed by atoms with Gasteiger partial charge in [-0.1, -0.05) is 42.5 Å². The lowest BCUT2D eigenvalue weighted by Crippen LogP contribution is -2.25. The fourth-order valence-corrected chi connectivity index (χ4v) is 2.33. The molecule has 0 amide bonds. The zero-order valence-electron chi connectivity index (χ0n) is 12.1. The highest BCUT2D eigenvalue weighted by atomic mass is 19.1. The Bertz CT molecular complexity index is 680. The summed E-state index contributed by atoms with van der Waals surface area (Å²) >= 11 is 0. The Labute approximate surface area is 128 Å². The summed E-state index contributed by atoms with van der Waals surface area (Å²) in [6, 6.07) is 16.8. The molecular formula is C17H17FN4. The predicted octanol–water partition coefficient (Wildman–Crippen LogP) is 2.95. The van der Waals surface area contributed by atoms with Gasteiger partial charge in [0.15, 0.2) is 0 Å². The number of halogens is 1. The third kappa shape index (κ3) is 3.77. The molecule has 1 aromatic heterocycles. The molecule has 22 heavy (non-hydrogen) atoms. The molecule has 4 nitrogen and oxygen atoms in total. The SMILES string of the molecule is Fc1ccc(CNC(Cn2cncn2)c2ccccc2)cc1. The Balaban J connectivity index is 1.72. The first-order valence-electron chi connectivity index (χ1n) is 7.16. The van der Waals surface area contributed by atoms with E-state index in [4.69, 9.17) is 0 Å². The normalized spacial score (nSPS) is 12.2. The van der Waals surface area contributed by atoms with Crippen molar-refractivity contribution in [2.24, 2.45) is 0 Å². The van der Waals surface area contributed by atoms with Crippen LogP contribution in [0, 0.1) is 5.82 Å². The summed E-state index contributed by atoms with van der Waals surface area (Å²) in [7, 11) is 0. The molecule has 3 aromatic rings. The van der Waals surface area contributed by atoms with Crippen LogP contribution < -0.4 is 5.32 Å². The summed E-state index contributed by atoms with van der Waals surface area (Å²) < 4.78 is 14.8. The number of rotatable bonds is 6. The molecule has 0 aliphatic carbocycles. The largest absolute Gasteiger partial charge is 0.304 e. The number of hydrogen-bond donors (Lipinski definition) is 1. The van der Waals surface area contributed by atoms with Gasteiger partial charge in [-0.05, 0) is 23.3 Å². The number of hydrogen-bond acceptors (Lipinski definition) is 3. The summed E-state index contributed by atoms with van der Waals surface area (Å²) in [6.45, 7) is 1.35. The molecule has 0 aliphatic heterocycles. The Morgan fingerprint density at radius 2 is 1.82 bits per heavy atom. The highest BCUT2D eigenvalue weighted by Gasteiger charge is 2.12. The summed E-state index contributed by atoms with van der Waals surface area (Å²) in [6.07, 6.45) is 3.23. The van der Waals surface area contributed by atoms with E-state index in [1.165, 1.54) is 24.0 Å². The van der Waals surface area contributed by atoms with E-state index in [0.717, 1.165) is 5.56 Å². The first-order chi connectivity index (χ1) is 10.8. The van der Waals surface area contributed by atoms with E-state index in [2.05, 4.69) is 27.5 Å². The summed E-state index contributed by atoms with van der Waals surface area (Å²) in [4.78, 5) is 3.98. The molecule has 0 bridgehead atoms. The molecule has 1 heterocycles. The predicted molar refractivity (Wildman–Crippen MR) is 82.4 cm³/mol. The number of benzene rings is 2. The van der Waals surface area contributed by atoms with Gasteiger partial charge in [0, 0.05) is 6.54 Å². The maximum Gasteiger partial charge on any atom is 0.137 e. The molecule has 0 spiro atoms. The van der Waals surface area contributed by atoms with Gasteiger partial charge in [-0.25, -0.2) is 9.37 Å². The van der Waals surface area contributed by atoms with Crippen molar-refractivity contribution in [2.45, 2.75) is 19.1 Å². The zero-order chi connectivity index (χ0) is 15.2. The van der Waals surface area contributed by atoms with Crippen LogP contribution in [-0.4, -0.2) is 14.8 Å². The molecule has 0 aliphatic rings. The van der Waals surface area contributed by atoms with E-state index in [1.807, 2.05) is 18.2 Å². The van der Waals surface area contributed by atoms with Crippen LogP contribution in [0.2, 0.25) is 0 Å². The number of nitrogens with one attached hydrogen (secondary N) is 1. The molecule has 2 aromatic carbocycles. The van der Waals surface area contributed by atoms with Crippen LogP contribution >= 0.6 is 0 Å². The minimum atomic E-state index is -0.217. The van der Waals surface area contributed by atoms with Crippen molar-refractivity contribution in [3.05, 3.63) is 84.2 Å². The second-order valence-electron chi connectivity index (χ2n) is 5.09. The average molecular weight is 296 g/mol. The first-order valence-corrected chi connectivity index (χ1v) is 7.16. The lowest BCUT2D eigenvalue weighted by atomic mass is 10.1. The maximum absolute atomic E-state index is 13.0. The van der Waals surface area contributed by atoms with Gasteiger partial charge < -0.3 is 5.32 Å². The van der Waals surface area contributed by atoms with Gasteiger partial charge in [0.05, 0.1) is 12.6 Å². The first kappa shape index (κ1) is 14.4. The van der Waals surface area contributed by atoms with E-state index in [1.54, 1.807) is 23.1 Å². The minimum absolute atomic E-state index is 0.105. The molecule has 1 atom stereocenters. The molecule has 3 rings (SSSR count). The van der Waals surface area contributed by atoms with Crippen molar-refractivity contribution in [2.75, 3.05) is 0 Å². The lowest BCUT2D eigenvalue weighted by molar-refractivity contribution is 0.436. The van der Waals surface area contributed by atoms with Crippen LogP contribution in [-0.2, 0) is 13.1 Å². The molecule has 5 heteroatoms. The average Bonchev–Trinajstić information content (AvgIpc) is 3.07. The number of nitrogens with zero attached hydrogens (tertiary/aromatic N) is 3. The highest BCUT2D eigenvalue weighted by molar-refractivity contribution is 5.20. The van der Waals surface area contributed by atoms with Crippen LogP contribution in [0.5, 0.6) is 0 Å². The summed E-state index contributed by atoms with van der Waals surface area (Å²) in [5.41, 5.74) is 2.22. The topological polar surface area (TPSA) is 42.7 Å². The van der Waals surface area contributed by atoms with Crippen LogP contribution in [0.3, 0.4) is 0 Å². The van der Waals surface area contributed by atoms with Crippen molar-refractivity contribution in [1.29, 1.82) is 0 Å². The summed E-state index contributed by atoms with van der Waals surface area (Å²) in [5.74, 6) is -0.217. The monoisotopic (exact) mass is 296 g/mol. The second-order valence-corrected chi connectivity index (χ2v) is 5.09. The lowest BCUT2D eigenvalue weighted by Gasteiger charge is -2.19. The molecule has 0 saturated heterocycles. The van der Waals surface area contributed by atoms with Gasteiger partial charge in [-0.15, -0.1) is 0 Å². The number of aromatic nitrogens is 3. The Kier molecular flexibility index (Phi) is 4.56. The van der Waals surface area contributed by atoms with Gasteiger partial charge in [-0.2, -0.15) is 5.10 Å². The molecule has 0 radical (unpaired) electrons. The third-order valence-corrected chi connectivity index (χ3v) is 3.50. The van der Waals surface area contributed by atoms with E-state index in [9.17, 15) is 4.39 Å². The van der Waals surface area contributed by atoms with Gasteiger partial charge in [0.25, 0.3) is 0 Å². The van der Waals surface area contributed by atoms with Crippen LogP contribution in [0.4, 0.5) is 4.39 Å². The molecule has 0 saturated carbocycles. The van der Waals surface area contributed by atoms with Crippen molar-refractivity contribution < 1.29 is 4.39 Å². The molecule has 1 N–H and O–H groups in total. The molecule has 112 valence electrons. The quantitative estimate of drug-likeness (QED) is 0.760. The maximum atomic E-state index is 13.0. The molecule has 1 unspecified atom stereocenters. The highest BCUT2D eigenvalue weighted by Crippen LogP contribution is 2.15. The molecule has 0 fully saturated rings. The molecular weight excluding hydrogens is 279 g/mol. The zero-order valence-corrected chi connectivity index (χ0v) is 12.1. The Morgan fingerprint density at radius 1 is 1.05 bits per heavy atom. The summed E-state index contributed by atoms with van der Waals surface area (Å²) in [5, 5.41) is 7.66. The minimum Gasteiger partial charge on any atom is -0.304 e. The van der Waals surface area contributed by atoms with Crippen LogP contribution in [0.15, 0.2) is 67.3 Å². The van der Waals surface area contributed by atoms with Crippen molar-refractivity contribution in [3.63, 3.8) is 0 Å². The van der Waals surface area contributed by atoms with E-state index in [-0.39, 0.29) is 11.9 Å².